The maximum atomic E-state index is 12.7. The highest BCUT2D eigenvalue weighted by Crippen LogP contribution is 2.39. The van der Waals surface area contributed by atoms with Gasteiger partial charge in [0, 0.05) is 17.6 Å². The summed E-state index contributed by atoms with van der Waals surface area (Å²) in [5, 5.41) is 4.88. The van der Waals surface area contributed by atoms with Crippen molar-refractivity contribution in [3.05, 3.63) is 40.1 Å². The van der Waals surface area contributed by atoms with E-state index < -0.39 is 0 Å². The van der Waals surface area contributed by atoms with Gasteiger partial charge >= 0.3 is 0 Å². The van der Waals surface area contributed by atoms with Gasteiger partial charge in [-0.05, 0) is 37.6 Å². The first-order valence-electron chi connectivity index (χ1n) is 8.30. The second-order valence-corrected chi connectivity index (χ2v) is 6.93. The van der Waals surface area contributed by atoms with Gasteiger partial charge in [-0.3, -0.25) is 9.69 Å². The molecule has 6 heteroatoms. The van der Waals surface area contributed by atoms with Gasteiger partial charge in [0.15, 0.2) is 11.5 Å². The number of carbonyl (C=O) groups excluding carboxylic acids is 1. The molecule has 1 aromatic heterocycles. The highest BCUT2D eigenvalue weighted by atomic mass is 32.1. The Balaban J connectivity index is 1.52. The van der Waals surface area contributed by atoms with E-state index in [1.54, 1.807) is 0 Å². The molecule has 0 saturated carbocycles. The van der Waals surface area contributed by atoms with E-state index in [0.29, 0.717) is 29.6 Å². The Morgan fingerprint density at radius 1 is 1.17 bits per heavy atom. The van der Waals surface area contributed by atoms with Crippen LogP contribution in [0.15, 0.2) is 29.6 Å². The fraction of sp³-hybridized carbons (Fsp3) is 0.389. The van der Waals surface area contributed by atoms with Crippen LogP contribution in [0.3, 0.4) is 0 Å². The van der Waals surface area contributed by atoms with E-state index >= 15 is 0 Å². The monoisotopic (exact) mass is 344 g/mol. The van der Waals surface area contributed by atoms with Crippen molar-refractivity contribution in [2.45, 2.75) is 19.4 Å². The Morgan fingerprint density at radius 2 is 1.96 bits per heavy atom. The number of ether oxygens (including phenoxy) is 2. The van der Waals surface area contributed by atoms with Crippen molar-refractivity contribution in [1.82, 2.24) is 4.90 Å². The number of hydrogen-bond acceptors (Lipinski definition) is 5. The number of hydrogen-bond donors (Lipinski definition) is 1. The van der Waals surface area contributed by atoms with Crippen molar-refractivity contribution in [3.8, 4) is 11.5 Å². The molecule has 1 N–H and O–H groups in total. The third-order valence-corrected chi connectivity index (χ3v) is 5.30. The lowest BCUT2D eigenvalue weighted by atomic mass is 10.1. The molecule has 0 aliphatic carbocycles. The van der Waals surface area contributed by atoms with Gasteiger partial charge in [0.1, 0.15) is 18.1 Å². The Hall–Kier alpha value is -2.05. The number of likely N-dealkylation sites (tertiary alicyclic amines) is 1. The van der Waals surface area contributed by atoms with E-state index in [1.165, 1.54) is 24.2 Å². The van der Waals surface area contributed by atoms with Crippen LogP contribution < -0.4 is 14.8 Å². The molecule has 126 valence electrons. The fourth-order valence-electron chi connectivity index (χ4n) is 3.16. The number of fused-ring (bicyclic) bond motifs is 1. The van der Waals surface area contributed by atoms with Gasteiger partial charge in [0.25, 0.3) is 5.91 Å². The molecule has 3 heterocycles. The standard InChI is InChI=1S/C18H20N2O3S/c21-18(17-16-15(12-24-17)22-9-10-23-16)19-14-6-2-1-5-13(14)11-20-7-3-4-8-20/h1-2,5-6,12H,3-4,7-11H2,(H,19,21). The maximum absolute atomic E-state index is 12.7. The molecule has 0 unspecified atom stereocenters. The van der Waals surface area contributed by atoms with E-state index in [9.17, 15) is 4.79 Å². The maximum Gasteiger partial charge on any atom is 0.269 e. The van der Waals surface area contributed by atoms with Crippen LogP contribution in [0.5, 0.6) is 11.5 Å². The molecule has 0 spiro atoms. The molecule has 1 amide bonds. The summed E-state index contributed by atoms with van der Waals surface area (Å²) in [5.41, 5.74) is 2.02. The molecular weight excluding hydrogens is 324 g/mol. The van der Waals surface area contributed by atoms with Crippen molar-refractivity contribution in [2.75, 3.05) is 31.6 Å². The highest BCUT2D eigenvalue weighted by molar-refractivity contribution is 7.13. The first-order valence-corrected chi connectivity index (χ1v) is 9.18. The van der Waals surface area contributed by atoms with Gasteiger partial charge in [-0.2, -0.15) is 0 Å². The molecule has 1 fully saturated rings. The van der Waals surface area contributed by atoms with Gasteiger partial charge in [0.05, 0.1) is 0 Å². The van der Waals surface area contributed by atoms with Crippen molar-refractivity contribution in [3.63, 3.8) is 0 Å². The molecule has 5 nitrogen and oxygen atoms in total. The summed E-state index contributed by atoms with van der Waals surface area (Å²) in [5.74, 6) is 1.10. The number of carbonyl (C=O) groups is 1. The molecule has 1 aromatic carbocycles. The zero-order valence-corrected chi connectivity index (χ0v) is 14.2. The molecule has 4 rings (SSSR count). The van der Waals surface area contributed by atoms with Crippen LogP contribution in [-0.2, 0) is 6.54 Å². The average molecular weight is 344 g/mol. The molecule has 2 aliphatic heterocycles. The van der Waals surface area contributed by atoms with Crippen molar-refractivity contribution >= 4 is 22.9 Å². The summed E-state index contributed by atoms with van der Waals surface area (Å²) in [6.45, 7) is 4.15. The smallest absolute Gasteiger partial charge is 0.269 e. The second-order valence-electron chi connectivity index (χ2n) is 6.05. The van der Waals surface area contributed by atoms with Crippen LogP contribution in [0.4, 0.5) is 5.69 Å². The van der Waals surface area contributed by atoms with E-state index in [0.717, 1.165) is 30.9 Å². The van der Waals surface area contributed by atoms with E-state index in [2.05, 4.69) is 16.3 Å². The van der Waals surface area contributed by atoms with Crippen LogP contribution >= 0.6 is 11.3 Å². The topological polar surface area (TPSA) is 50.8 Å². The van der Waals surface area contributed by atoms with Crippen LogP contribution in [0.2, 0.25) is 0 Å². The summed E-state index contributed by atoms with van der Waals surface area (Å²) in [4.78, 5) is 15.7. The summed E-state index contributed by atoms with van der Waals surface area (Å²) < 4.78 is 11.1. The molecule has 1 saturated heterocycles. The Kier molecular flexibility index (Phi) is 4.40. The molecule has 2 aliphatic rings. The first kappa shape index (κ1) is 15.5. The fourth-order valence-corrected chi connectivity index (χ4v) is 3.99. The molecule has 0 radical (unpaired) electrons. The third kappa shape index (κ3) is 3.12. The molecule has 24 heavy (non-hydrogen) atoms. The van der Waals surface area contributed by atoms with Crippen molar-refractivity contribution in [1.29, 1.82) is 0 Å². The lowest BCUT2D eigenvalue weighted by Crippen LogP contribution is -2.21. The van der Waals surface area contributed by atoms with Crippen LogP contribution in [-0.4, -0.2) is 37.1 Å². The number of benzene rings is 1. The average Bonchev–Trinajstić information content (AvgIpc) is 3.26. The highest BCUT2D eigenvalue weighted by Gasteiger charge is 2.24. The minimum absolute atomic E-state index is 0.138. The number of nitrogens with one attached hydrogen (secondary N) is 1. The quantitative estimate of drug-likeness (QED) is 0.924. The van der Waals surface area contributed by atoms with E-state index in [1.807, 2.05) is 23.6 Å². The Labute approximate surface area is 145 Å². The number of anilines is 1. The van der Waals surface area contributed by atoms with E-state index in [-0.39, 0.29) is 5.91 Å². The SMILES string of the molecule is O=C(Nc1ccccc1CN1CCCC1)c1scc2c1OCCO2. The van der Waals surface area contributed by atoms with Gasteiger partial charge in [0.2, 0.25) is 0 Å². The lowest BCUT2D eigenvalue weighted by Gasteiger charge is -2.18. The zero-order valence-electron chi connectivity index (χ0n) is 13.4. The Morgan fingerprint density at radius 3 is 2.83 bits per heavy atom. The number of para-hydroxylation sites is 1. The summed E-state index contributed by atoms with van der Waals surface area (Å²) >= 11 is 1.36. The Bertz CT molecular complexity index is 738. The van der Waals surface area contributed by atoms with E-state index in [4.69, 9.17) is 9.47 Å². The van der Waals surface area contributed by atoms with Gasteiger partial charge in [-0.25, -0.2) is 0 Å². The molecular formula is C18H20N2O3S. The van der Waals surface area contributed by atoms with Crippen LogP contribution in [0.1, 0.15) is 28.1 Å². The van der Waals surface area contributed by atoms with Crippen LogP contribution in [0.25, 0.3) is 0 Å². The minimum atomic E-state index is -0.138. The number of rotatable bonds is 4. The molecule has 2 aromatic rings. The normalized spacial score (nSPS) is 17.0. The molecule has 0 bridgehead atoms. The lowest BCUT2D eigenvalue weighted by molar-refractivity contribution is 0.102. The first-order chi connectivity index (χ1) is 11.8. The predicted octanol–water partition coefficient (Wildman–Crippen LogP) is 3.37. The largest absolute Gasteiger partial charge is 0.485 e. The predicted molar refractivity (Wildman–Crippen MR) is 94.2 cm³/mol. The molecule has 0 atom stereocenters. The van der Waals surface area contributed by atoms with Gasteiger partial charge in [-0.15, -0.1) is 11.3 Å². The minimum Gasteiger partial charge on any atom is -0.485 e. The van der Waals surface area contributed by atoms with Crippen molar-refractivity contribution < 1.29 is 14.3 Å². The van der Waals surface area contributed by atoms with Crippen LogP contribution in [0, 0.1) is 0 Å². The summed E-state index contributed by atoms with van der Waals surface area (Å²) in [6.07, 6.45) is 2.51. The number of amides is 1. The summed E-state index contributed by atoms with van der Waals surface area (Å²) in [6, 6.07) is 8.01. The van der Waals surface area contributed by atoms with Gasteiger partial charge in [-0.1, -0.05) is 18.2 Å². The van der Waals surface area contributed by atoms with Crippen molar-refractivity contribution in [2.24, 2.45) is 0 Å². The summed E-state index contributed by atoms with van der Waals surface area (Å²) in [7, 11) is 0. The number of nitrogens with zero attached hydrogens (tertiary/aromatic N) is 1. The van der Waals surface area contributed by atoms with Gasteiger partial charge < -0.3 is 14.8 Å². The zero-order chi connectivity index (χ0) is 16.4. The number of thiophene rings is 1. The second kappa shape index (κ2) is 6.83. The third-order valence-electron chi connectivity index (χ3n) is 4.37.